The third-order valence-electron chi connectivity index (χ3n) is 6.40. The first-order chi connectivity index (χ1) is 19.8. The van der Waals surface area contributed by atoms with E-state index < -0.39 is 29.5 Å². The van der Waals surface area contributed by atoms with Crippen molar-refractivity contribution in [3.63, 3.8) is 0 Å². The summed E-state index contributed by atoms with van der Waals surface area (Å²) in [6.07, 6.45) is -8.76. The predicted octanol–water partition coefficient (Wildman–Crippen LogP) is 4.35. The van der Waals surface area contributed by atoms with Gasteiger partial charge in [-0.15, -0.1) is 0 Å². The van der Waals surface area contributed by atoms with Crippen LogP contribution in [0.2, 0.25) is 0 Å². The molecule has 0 fully saturated rings. The fourth-order valence-corrected chi connectivity index (χ4v) is 4.42. The van der Waals surface area contributed by atoms with E-state index in [4.69, 9.17) is 0 Å². The number of alkyl halides is 6. The highest BCUT2D eigenvalue weighted by molar-refractivity contribution is 5.55. The van der Waals surface area contributed by atoms with Crippen molar-refractivity contribution in [1.29, 1.82) is 0 Å². The van der Waals surface area contributed by atoms with E-state index >= 15 is 0 Å². The van der Waals surface area contributed by atoms with E-state index in [1.54, 1.807) is 18.7 Å². The number of hydrogen-bond donors (Lipinski definition) is 3. The molecule has 2 aromatic heterocycles. The van der Waals surface area contributed by atoms with Crippen LogP contribution in [0.1, 0.15) is 60.8 Å². The normalized spacial score (nSPS) is 16.5. The molecule has 3 aromatic rings. The molecule has 1 aliphatic heterocycles. The number of rotatable bonds is 9. The number of benzene rings is 1. The lowest BCUT2D eigenvalue weighted by molar-refractivity contribution is -0.805. The second kappa shape index (κ2) is 13.8. The minimum Gasteiger partial charge on any atom is -0.468 e. The topological polar surface area (TPSA) is 120 Å². The molecule has 230 valence electrons. The van der Waals surface area contributed by atoms with Gasteiger partial charge in [-0.2, -0.15) is 26.3 Å². The zero-order chi connectivity index (χ0) is 31.1. The molecule has 3 N–H and O–H groups in total. The van der Waals surface area contributed by atoms with Crippen molar-refractivity contribution < 1.29 is 45.8 Å². The number of nitrogens with one attached hydrogen (secondary N) is 2. The summed E-state index contributed by atoms with van der Waals surface area (Å²) in [5.41, 5.74) is -0.989. The molecule has 0 amide bonds. The number of nitrogens with zero attached hydrogens (tertiary/aromatic N) is 5. The number of H-pyrrole nitrogens is 1. The molecule has 3 heterocycles. The number of tetrazole rings is 1. The Morgan fingerprint density at radius 1 is 1.12 bits per heavy atom. The standard InChI is InChI=1S/C23H25F6N7O.C3H6O2/c1-3-17-11-19(20-18(31-17)5-4-13(2)30-20)35(21-32-34-36(33-21)6-7-37)12-14-8-15(22(24,25)26)10-16(9-14)23(27,28)29;1-2-5-3-4/h4-5,8-10,17,19,31,37H,3,6-7,11-12H2,1-2H3;3H,2H2,1H3/p+1/t17-,19+;/m1./s1. The van der Waals surface area contributed by atoms with E-state index in [0.717, 1.165) is 12.1 Å². The quantitative estimate of drug-likeness (QED) is 0.188. The first-order valence-electron chi connectivity index (χ1n) is 13.1. The number of hydrogen-bond acceptors (Lipinski definition) is 8. The van der Waals surface area contributed by atoms with Gasteiger partial charge in [-0.3, -0.25) is 9.78 Å². The van der Waals surface area contributed by atoms with E-state index in [1.807, 2.05) is 19.1 Å². The van der Waals surface area contributed by atoms with Crippen LogP contribution in [0.15, 0.2) is 30.3 Å². The van der Waals surface area contributed by atoms with E-state index in [0.29, 0.717) is 43.0 Å². The minimum absolute atomic E-state index is 0.0275. The van der Waals surface area contributed by atoms with Crippen molar-refractivity contribution in [1.82, 2.24) is 20.4 Å². The third-order valence-corrected chi connectivity index (χ3v) is 6.40. The van der Waals surface area contributed by atoms with E-state index in [1.165, 1.54) is 4.80 Å². The monoisotopic (exact) mass is 604 g/mol. The number of ether oxygens (including phenoxy) is 1. The summed E-state index contributed by atoms with van der Waals surface area (Å²) < 4.78 is 85.3. The first kappa shape index (κ1) is 32.6. The Hall–Kier alpha value is -3.95. The molecule has 2 atom stereocenters. The summed E-state index contributed by atoms with van der Waals surface area (Å²) in [6, 6.07) is 4.60. The number of aromatic nitrogens is 5. The lowest BCUT2D eigenvalue weighted by atomic mass is 9.93. The van der Waals surface area contributed by atoms with E-state index in [9.17, 15) is 36.2 Å². The molecular weight excluding hydrogens is 572 g/mol. The number of carbonyl (C=O) groups excluding carboxylic acids is 1. The molecule has 0 bridgehead atoms. The summed E-state index contributed by atoms with van der Waals surface area (Å²) in [4.78, 5) is 16.6. The maximum absolute atomic E-state index is 13.5. The smallest absolute Gasteiger partial charge is 0.416 e. The minimum atomic E-state index is -4.97. The van der Waals surface area contributed by atoms with Gasteiger partial charge >= 0.3 is 18.3 Å². The highest BCUT2D eigenvalue weighted by atomic mass is 19.4. The van der Waals surface area contributed by atoms with Crippen LogP contribution in [0.25, 0.3) is 0 Å². The van der Waals surface area contributed by atoms with Crippen LogP contribution < -0.4 is 15.0 Å². The summed E-state index contributed by atoms with van der Waals surface area (Å²) in [7, 11) is 0. The second-order valence-electron chi connectivity index (χ2n) is 9.44. The predicted molar refractivity (Wildman–Crippen MR) is 138 cm³/mol. The summed E-state index contributed by atoms with van der Waals surface area (Å²) >= 11 is 0. The molecule has 42 heavy (non-hydrogen) atoms. The molecule has 0 spiro atoms. The van der Waals surface area contributed by atoms with Gasteiger partial charge in [0.25, 0.3) is 6.47 Å². The van der Waals surface area contributed by atoms with Gasteiger partial charge in [0.15, 0.2) is 6.54 Å². The van der Waals surface area contributed by atoms with Crippen molar-refractivity contribution >= 4 is 18.1 Å². The van der Waals surface area contributed by atoms with Crippen LogP contribution in [-0.2, 0) is 35.0 Å². The summed E-state index contributed by atoms with van der Waals surface area (Å²) in [5, 5.41) is 23.7. The molecular formula is C26H32F6N7O3+. The zero-order valence-corrected chi connectivity index (χ0v) is 23.1. The van der Waals surface area contributed by atoms with Gasteiger partial charge in [-0.25, -0.2) is 0 Å². The zero-order valence-electron chi connectivity index (χ0n) is 23.1. The summed E-state index contributed by atoms with van der Waals surface area (Å²) in [5.74, 6) is 0.0513. The number of anilines is 2. The van der Waals surface area contributed by atoms with Crippen LogP contribution in [0.5, 0.6) is 0 Å². The molecule has 1 aromatic carbocycles. The number of aromatic amines is 1. The number of aryl methyl sites for hydroxylation is 1. The van der Waals surface area contributed by atoms with Crippen LogP contribution in [0, 0.1) is 6.92 Å². The van der Waals surface area contributed by atoms with Gasteiger partial charge in [-0.05, 0) is 67.8 Å². The molecule has 0 aliphatic carbocycles. The van der Waals surface area contributed by atoms with Gasteiger partial charge in [0.1, 0.15) is 0 Å². The van der Waals surface area contributed by atoms with Crippen molar-refractivity contribution in [2.75, 3.05) is 23.4 Å². The number of carbonyl (C=O) groups is 1. The van der Waals surface area contributed by atoms with Crippen molar-refractivity contribution in [3.8, 4) is 0 Å². The maximum Gasteiger partial charge on any atom is 0.416 e. The Kier molecular flexibility index (Phi) is 10.7. The lowest BCUT2D eigenvalue weighted by Gasteiger charge is -2.37. The average molecular weight is 605 g/mol. The van der Waals surface area contributed by atoms with Crippen LogP contribution in [-0.4, -0.2) is 51.2 Å². The van der Waals surface area contributed by atoms with E-state index in [-0.39, 0.29) is 43.3 Å². The van der Waals surface area contributed by atoms with Crippen molar-refractivity contribution in [2.24, 2.45) is 0 Å². The average Bonchev–Trinajstić information content (AvgIpc) is 3.39. The lowest BCUT2D eigenvalue weighted by Crippen LogP contribution is -2.42. The van der Waals surface area contributed by atoms with Crippen LogP contribution in [0.3, 0.4) is 0 Å². The van der Waals surface area contributed by atoms with Gasteiger partial charge in [-0.1, -0.05) is 11.7 Å². The molecule has 0 saturated heterocycles. The second-order valence-corrected chi connectivity index (χ2v) is 9.44. The summed E-state index contributed by atoms with van der Waals surface area (Å²) in [6.45, 7) is 5.89. The Bertz CT molecular complexity index is 1300. The number of aliphatic hydroxyl groups excluding tert-OH is 1. The van der Waals surface area contributed by atoms with Gasteiger partial charge in [0, 0.05) is 23.4 Å². The van der Waals surface area contributed by atoms with Gasteiger partial charge in [0.2, 0.25) is 0 Å². The van der Waals surface area contributed by atoms with Gasteiger partial charge in [0.05, 0.1) is 46.9 Å². The maximum atomic E-state index is 13.5. The number of halogens is 6. The molecule has 0 unspecified atom stereocenters. The van der Waals surface area contributed by atoms with E-state index in [2.05, 4.69) is 30.4 Å². The highest BCUT2D eigenvalue weighted by Gasteiger charge is 2.39. The Labute approximate surface area is 237 Å². The SMILES string of the molecule is CCOC=O.CC[C@@H]1C[C@H](N(Cc2cc(C(F)(F)F)cc(C(F)(F)F)c2)c2n[nH][n+](CCO)n2)c2nc(C)ccc2N1. The molecule has 1 aliphatic rings. The molecule has 0 saturated carbocycles. The van der Waals surface area contributed by atoms with Crippen LogP contribution >= 0.6 is 0 Å². The third kappa shape index (κ3) is 8.30. The molecule has 16 heteroatoms. The number of aliphatic hydroxyl groups is 1. The number of fused-ring (bicyclic) bond motifs is 1. The Morgan fingerprint density at radius 3 is 2.31 bits per heavy atom. The van der Waals surface area contributed by atoms with Crippen molar-refractivity contribution in [2.45, 2.75) is 71.1 Å². The largest absolute Gasteiger partial charge is 0.468 e. The highest BCUT2D eigenvalue weighted by Crippen LogP contribution is 2.40. The fourth-order valence-electron chi connectivity index (χ4n) is 4.42. The fraction of sp³-hybridized carbons (Fsp3) is 0.500. The van der Waals surface area contributed by atoms with Crippen molar-refractivity contribution in [3.05, 3.63) is 58.4 Å². The Balaban J connectivity index is 0.000000892. The molecule has 0 radical (unpaired) electrons. The molecule has 4 rings (SSSR count). The van der Waals surface area contributed by atoms with Crippen LogP contribution in [0.4, 0.5) is 38.0 Å². The van der Waals surface area contributed by atoms with Gasteiger partial charge < -0.3 is 20.1 Å². The molecule has 10 nitrogen and oxygen atoms in total. The Morgan fingerprint density at radius 2 is 1.79 bits per heavy atom. The first-order valence-corrected chi connectivity index (χ1v) is 13.1. The number of pyridine rings is 1.